The zero-order chi connectivity index (χ0) is 14.4. The van der Waals surface area contributed by atoms with Crippen LogP contribution in [0, 0.1) is 17.3 Å². The minimum atomic E-state index is -0.116. The Hall–Kier alpha value is -0.160. The molecule has 3 N–H and O–H groups in total. The summed E-state index contributed by atoms with van der Waals surface area (Å²) in [6.07, 6.45) is 4.23. The Morgan fingerprint density at radius 3 is 2.70 bits per heavy atom. The Bertz CT molecular complexity index is 360. The van der Waals surface area contributed by atoms with Crippen LogP contribution in [0.1, 0.15) is 40.0 Å². The van der Waals surface area contributed by atoms with Crippen LogP contribution < -0.4 is 11.1 Å². The fourth-order valence-corrected chi connectivity index (χ4v) is 4.68. The highest BCUT2D eigenvalue weighted by Gasteiger charge is 2.67. The van der Waals surface area contributed by atoms with E-state index in [4.69, 9.17) is 15.2 Å². The largest absolute Gasteiger partial charge is 0.378 e. The summed E-state index contributed by atoms with van der Waals surface area (Å²) in [5.41, 5.74) is 6.71. The van der Waals surface area contributed by atoms with Gasteiger partial charge in [-0.15, -0.1) is 0 Å². The van der Waals surface area contributed by atoms with E-state index in [-0.39, 0.29) is 11.0 Å². The van der Waals surface area contributed by atoms with Crippen LogP contribution in [0.3, 0.4) is 0 Å². The molecule has 5 atom stereocenters. The number of nitrogens with two attached hydrogens (primary N) is 1. The molecule has 2 heterocycles. The fraction of sp³-hybridized carbons (Fsp3) is 1.00. The molecule has 0 aromatic carbocycles. The van der Waals surface area contributed by atoms with Crippen LogP contribution in [0.25, 0.3) is 0 Å². The number of ether oxygens (including phenoxy) is 2. The molecule has 2 aliphatic heterocycles. The van der Waals surface area contributed by atoms with Gasteiger partial charge in [0.2, 0.25) is 0 Å². The summed E-state index contributed by atoms with van der Waals surface area (Å²) >= 11 is 0. The van der Waals surface area contributed by atoms with E-state index in [2.05, 4.69) is 26.1 Å². The predicted molar refractivity (Wildman–Crippen MR) is 79.6 cm³/mol. The Labute approximate surface area is 122 Å². The van der Waals surface area contributed by atoms with Crippen LogP contribution in [-0.4, -0.2) is 44.1 Å². The molecule has 0 spiro atoms. The van der Waals surface area contributed by atoms with Crippen molar-refractivity contribution in [2.45, 2.75) is 57.8 Å². The van der Waals surface area contributed by atoms with Gasteiger partial charge in [-0.1, -0.05) is 20.8 Å². The van der Waals surface area contributed by atoms with Gasteiger partial charge in [-0.25, -0.2) is 0 Å². The zero-order valence-electron chi connectivity index (χ0n) is 13.2. The molecular weight excluding hydrogens is 252 g/mol. The highest BCUT2D eigenvalue weighted by atomic mass is 16.5. The molecule has 1 saturated carbocycles. The molecule has 4 heteroatoms. The first kappa shape index (κ1) is 14.8. The van der Waals surface area contributed by atoms with Crippen molar-refractivity contribution in [2.75, 3.05) is 26.3 Å². The van der Waals surface area contributed by atoms with Crippen molar-refractivity contribution in [3.05, 3.63) is 0 Å². The summed E-state index contributed by atoms with van der Waals surface area (Å²) in [4.78, 5) is 0. The van der Waals surface area contributed by atoms with Crippen molar-refractivity contribution < 1.29 is 9.47 Å². The van der Waals surface area contributed by atoms with Gasteiger partial charge in [-0.2, -0.15) is 0 Å². The molecule has 116 valence electrons. The maximum absolute atomic E-state index is 6.74. The van der Waals surface area contributed by atoms with Crippen LogP contribution >= 0.6 is 0 Å². The number of rotatable bonds is 5. The number of nitrogens with one attached hydrogen (secondary N) is 1. The van der Waals surface area contributed by atoms with Crippen LogP contribution in [0.4, 0.5) is 0 Å². The number of hydrogen-bond acceptors (Lipinski definition) is 4. The maximum Gasteiger partial charge on any atom is 0.0691 e. The lowest BCUT2D eigenvalue weighted by molar-refractivity contribution is -0.153. The van der Waals surface area contributed by atoms with Crippen LogP contribution in [0.15, 0.2) is 0 Å². The lowest BCUT2D eigenvalue weighted by Gasteiger charge is -2.62. The molecule has 3 rings (SSSR count). The minimum Gasteiger partial charge on any atom is -0.378 e. The van der Waals surface area contributed by atoms with Gasteiger partial charge in [0.1, 0.15) is 0 Å². The van der Waals surface area contributed by atoms with Crippen molar-refractivity contribution in [1.82, 2.24) is 5.32 Å². The van der Waals surface area contributed by atoms with E-state index in [1.54, 1.807) is 0 Å². The summed E-state index contributed by atoms with van der Waals surface area (Å²) in [6, 6.07) is 0. The number of hydrogen-bond donors (Lipinski definition) is 2. The average molecular weight is 282 g/mol. The molecule has 20 heavy (non-hydrogen) atoms. The quantitative estimate of drug-likeness (QED) is 0.803. The van der Waals surface area contributed by atoms with Gasteiger partial charge in [0.15, 0.2) is 0 Å². The van der Waals surface area contributed by atoms with Gasteiger partial charge < -0.3 is 20.5 Å². The van der Waals surface area contributed by atoms with Crippen LogP contribution in [0.5, 0.6) is 0 Å². The first-order valence-corrected chi connectivity index (χ1v) is 8.23. The van der Waals surface area contributed by atoms with Gasteiger partial charge in [0, 0.05) is 43.2 Å². The maximum atomic E-state index is 6.74. The monoisotopic (exact) mass is 282 g/mol. The molecule has 0 radical (unpaired) electrons. The summed E-state index contributed by atoms with van der Waals surface area (Å²) in [5, 5.41) is 3.64. The van der Waals surface area contributed by atoms with E-state index < -0.39 is 0 Å². The predicted octanol–water partition coefficient (Wildman–Crippen LogP) is 1.53. The fourth-order valence-electron chi connectivity index (χ4n) is 4.68. The highest BCUT2D eigenvalue weighted by Crippen LogP contribution is 2.57. The van der Waals surface area contributed by atoms with Crippen molar-refractivity contribution in [3.8, 4) is 0 Å². The average Bonchev–Trinajstić information content (AvgIpc) is 3.06. The highest BCUT2D eigenvalue weighted by molar-refractivity contribution is 5.21. The molecule has 5 unspecified atom stereocenters. The van der Waals surface area contributed by atoms with Gasteiger partial charge >= 0.3 is 0 Å². The lowest BCUT2D eigenvalue weighted by atomic mass is 9.48. The van der Waals surface area contributed by atoms with E-state index in [0.29, 0.717) is 24.0 Å². The lowest BCUT2D eigenvalue weighted by Crippen LogP contribution is -2.78. The van der Waals surface area contributed by atoms with Crippen molar-refractivity contribution >= 4 is 0 Å². The molecule has 0 bridgehead atoms. The molecular formula is C16H30N2O2. The first-order chi connectivity index (χ1) is 9.50. The first-order valence-electron chi connectivity index (χ1n) is 8.23. The second-order valence-corrected chi connectivity index (χ2v) is 7.45. The van der Waals surface area contributed by atoms with Crippen molar-refractivity contribution in [1.29, 1.82) is 0 Å². The standard InChI is InChI=1S/C16H30N2O2/c1-4-13-11(5-7-19-13)9-18-10-16(17)12-6-8-20-14(12)15(16,2)3/h11-14,18H,4-10,17H2,1-3H3. The molecule has 0 aromatic rings. The summed E-state index contributed by atoms with van der Waals surface area (Å²) in [5.74, 6) is 1.19. The van der Waals surface area contributed by atoms with Crippen LogP contribution in [0.2, 0.25) is 0 Å². The molecule has 1 aliphatic carbocycles. The molecule has 4 nitrogen and oxygen atoms in total. The Morgan fingerprint density at radius 1 is 1.20 bits per heavy atom. The normalized spacial score (nSPS) is 46.2. The molecule has 2 saturated heterocycles. The number of fused-ring (bicyclic) bond motifs is 1. The molecule has 0 amide bonds. The molecule has 3 fully saturated rings. The Kier molecular flexibility index (Phi) is 3.87. The third kappa shape index (κ3) is 2.04. The van der Waals surface area contributed by atoms with Crippen molar-refractivity contribution in [2.24, 2.45) is 23.0 Å². The summed E-state index contributed by atoms with van der Waals surface area (Å²) in [7, 11) is 0. The smallest absolute Gasteiger partial charge is 0.0691 e. The third-order valence-corrected chi connectivity index (χ3v) is 6.24. The topological polar surface area (TPSA) is 56.5 Å². The zero-order valence-corrected chi connectivity index (χ0v) is 13.2. The van der Waals surface area contributed by atoms with E-state index in [9.17, 15) is 0 Å². The SMILES string of the molecule is CCC1OCCC1CNCC1(N)C2CCOC2C1(C)C. The van der Waals surface area contributed by atoms with E-state index in [0.717, 1.165) is 39.1 Å². The van der Waals surface area contributed by atoms with Gasteiger partial charge in [-0.05, 0) is 25.2 Å². The van der Waals surface area contributed by atoms with E-state index in [1.165, 1.54) is 6.42 Å². The van der Waals surface area contributed by atoms with Gasteiger partial charge in [0.05, 0.1) is 12.2 Å². The van der Waals surface area contributed by atoms with Gasteiger partial charge in [0.25, 0.3) is 0 Å². The second-order valence-electron chi connectivity index (χ2n) is 7.45. The Balaban J connectivity index is 1.53. The summed E-state index contributed by atoms with van der Waals surface area (Å²) < 4.78 is 11.6. The minimum absolute atomic E-state index is 0.0809. The van der Waals surface area contributed by atoms with E-state index >= 15 is 0 Å². The van der Waals surface area contributed by atoms with Crippen LogP contribution in [-0.2, 0) is 9.47 Å². The molecule has 0 aromatic heterocycles. The molecule has 3 aliphatic rings. The second kappa shape index (κ2) is 5.24. The van der Waals surface area contributed by atoms with Crippen molar-refractivity contribution in [3.63, 3.8) is 0 Å². The Morgan fingerprint density at radius 2 is 1.95 bits per heavy atom. The third-order valence-electron chi connectivity index (χ3n) is 6.24. The summed E-state index contributed by atoms with van der Waals surface area (Å²) in [6.45, 7) is 10.5. The van der Waals surface area contributed by atoms with Gasteiger partial charge in [-0.3, -0.25) is 0 Å². The van der Waals surface area contributed by atoms with E-state index in [1.807, 2.05) is 0 Å².